The van der Waals surface area contributed by atoms with Gasteiger partial charge >= 0.3 is 0 Å². The van der Waals surface area contributed by atoms with Crippen LogP contribution in [0.25, 0.3) is 5.69 Å². The Morgan fingerprint density at radius 2 is 2.11 bits per heavy atom. The maximum atomic E-state index is 11.9. The van der Waals surface area contributed by atoms with Gasteiger partial charge in [0.15, 0.2) is 0 Å². The zero-order valence-corrected chi connectivity index (χ0v) is 11.1. The molecule has 0 atom stereocenters. The lowest BCUT2D eigenvalue weighted by molar-refractivity contribution is 0.433. The Labute approximate surface area is 112 Å². The number of nitriles is 1. The fourth-order valence-electron chi connectivity index (χ4n) is 1.72. The molecule has 0 aliphatic rings. The summed E-state index contributed by atoms with van der Waals surface area (Å²) in [4.78, 5) is 11.9. The van der Waals surface area contributed by atoms with Crippen molar-refractivity contribution in [1.29, 1.82) is 5.26 Å². The molecule has 0 unspecified atom stereocenters. The van der Waals surface area contributed by atoms with E-state index in [9.17, 15) is 9.90 Å². The number of halogens is 1. The fourth-order valence-corrected chi connectivity index (χ4v) is 2.10. The Morgan fingerprint density at radius 3 is 2.72 bits per heavy atom. The fraction of sp³-hybridized carbons (Fsp3) is 0.0769. The first-order chi connectivity index (χ1) is 8.54. The Balaban J connectivity index is 2.81. The summed E-state index contributed by atoms with van der Waals surface area (Å²) in [5.41, 5.74) is 0.700. The number of aromatic hydroxyl groups is 1. The number of nitrogens with zero attached hydrogens (tertiary/aromatic N) is 2. The third kappa shape index (κ3) is 2.03. The molecule has 90 valence electrons. The van der Waals surface area contributed by atoms with Crippen molar-refractivity contribution in [2.45, 2.75) is 6.92 Å². The summed E-state index contributed by atoms with van der Waals surface area (Å²) in [7, 11) is 0. The van der Waals surface area contributed by atoms with Gasteiger partial charge in [0.2, 0.25) is 5.88 Å². The molecule has 2 rings (SSSR count). The number of hydrogen-bond acceptors (Lipinski definition) is 3. The van der Waals surface area contributed by atoms with Crippen LogP contribution in [0.15, 0.2) is 39.6 Å². The smallest absolute Gasteiger partial charge is 0.258 e. The molecule has 0 aliphatic carbocycles. The quantitative estimate of drug-likeness (QED) is 0.880. The van der Waals surface area contributed by atoms with E-state index < -0.39 is 0 Å². The molecule has 1 N–H and O–H groups in total. The first-order valence-corrected chi connectivity index (χ1v) is 5.95. The van der Waals surface area contributed by atoms with Crippen molar-refractivity contribution in [2.24, 2.45) is 0 Å². The lowest BCUT2D eigenvalue weighted by Gasteiger charge is -2.11. The van der Waals surface area contributed by atoms with Crippen molar-refractivity contribution < 1.29 is 5.11 Å². The first-order valence-electron chi connectivity index (χ1n) is 5.16. The van der Waals surface area contributed by atoms with Gasteiger partial charge in [0.1, 0.15) is 11.6 Å². The van der Waals surface area contributed by atoms with Gasteiger partial charge < -0.3 is 5.11 Å². The average Bonchev–Trinajstić information content (AvgIpc) is 2.28. The maximum absolute atomic E-state index is 11.9. The van der Waals surface area contributed by atoms with Gasteiger partial charge in [0.25, 0.3) is 5.56 Å². The number of benzene rings is 1. The average molecular weight is 305 g/mol. The van der Waals surface area contributed by atoms with E-state index in [0.29, 0.717) is 11.3 Å². The molecule has 5 heteroatoms. The third-order valence-electron chi connectivity index (χ3n) is 2.57. The van der Waals surface area contributed by atoms with Gasteiger partial charge in [-0.3, -0.25) is 4.79 Å². The Kier molecular flexibility index (Phi) is 3.21. The zero-order valence-electron chi connectivity index (χ0n) is 9.51. The number of aryl methyl sites for hydroxylation is 1. The summed E-state index contributed by atoms with van der Waals surface area (Å²) in [5, 5.41) is 19.0. The van der Waals surface area contributed by atoms with Crippen LogP contribution in [-0.2, 0) is 0 Å². The van der Waals surface area contributed by atoms with Crippen LogP contribution in [0.3, 0.4) is 0 Å². The minimum absolute atomic E-state index is 0.106. The normalized spacial score (nSPS) is 10.1. The van der Waals surface area contributed by atoms with Gasteiger partial charge in [0.05, 0.1) is 5.69 Å². The third-order valence-corrected chi connectivity index (χ3v) is 3.06. The largest absolute Gasteiger partial charge is 0.493 e. The van der Waals surface area contributed by atoms with Gasteiger partial charge in [-0.1, -0.05) is 22.0 Å². The van der Waals surface area contributed by atoms with Crippen LogP contribution in [0.5, 0.6) is 5.88 Å². The minimum atomic E-state index is -0.373. The highest BCUT2D eigenvalue weighted by molar-refractivity contribution is 9.10. The number of hydrogen-bond donors (Lipinski definition) is 1. The molecule has 1 heterocycles. The predicted octanol–water partition coefficient (Wildman–Crippen LogP) is 2.49. The van der Waals surface area contributed by atoms with Crippen molar-refractivity contribution in [3.8, 4) is 17.6 Å². The number of aromatic nitrogens is 1. The lowest BCUT2D eigenvalue weighted by Crippen LogP contribution is -2.19. The van der Waals surface area contributed by atoms with Crippen LogP contribution in [0.4, 0.5) is 0 Å². The van der Waals surface area contributed by atoms with Gasteiger partial charge in [-0.15, -0.1) is 0 Å². The van der Waals surface area contributed by atoms with Crippen LogP contribution >= 0.6 is 15.9 Å². The number of pyridine rings is 1. The lowest BCUT2D eigenvalue weighted by atomic mass is 10.1. The second-order valence-electron chi connectivity index (χ2n) is 3.79. The van der Waals surface area contributed by atoms with E-state index in [0.717, 1.165) is 9.04 Å². The maximum Gasteiger partial charge on any atom is 0.258 e. The monoisotopic (exact) mass is 304 g/mol. The predicted molar refractivity (Wildman–Crippen MR) is 70.9 cm³/mol. The topological polar surface area (TPSA) is 66.0 Å². The molecule has 0 radical (unpaired) electrons. The number of rotatable bonds is 1. The molecule has 0 saturated heterocycles. The molecule has 0 amide bonds. The van der Waals surface area contributed by atoms with Crippen molar-refractivity contribution in [2.75, 3.05) is 0 Å². The summed E-state index contributed by atoms with van der Waals surface area (Å²) >= 11 is 3.30. The molecule has 18 heavy (non-hydrogen) atoms. The molecule has 0 aliphatic heterocycles. The van der Waals surface area contributed by atoms with Crippen LogP contribution in [0, 0.1) is 18.3 Å². The van der Waals surface area contributed by atoms with Crippen LogP contribution in [0.1, 0.15) is 11.1 Å². The highest BCUT2D eigenvalue weighted by atomic mass is 79.9. The second kappa shape index (κ2) is 4.67. The SMILES string of the molecule is Cc1cc(=O)n(-c2cccc(Br)c2)c(O)c1C#N. The molecule has 2 aromatic rings. The van der Waals surface area contributed by atoms with Crippen molar-refractivity contribution in [1.82, 2.24) is 4.57 Å². The summed E-state index contributed by atoms with van der Waals surface area (Å²) < 4.78 is 1.89. The molecule has 1 aromatic heterocycles. The Bertz CT molecular complexity index is 714. The van der Waals surface area contributed by atoms with Gasteiger partial charge in [-0.25, -0.2) is 4.57 Å². The molecule has 0 fully saturated rings. The molecule has 0 spiro atoms. The highest BCUT2D eigenvalue weighted by Gasteiger charge is 2.13. The standard InChI is InChI=1S/C13H9BrN2O2/c1-8-5-12(17)16(13(18)11(8)7-15)10-4-2-3-9(14)6-10/h2-6,18H,1H3. The van der Waals surface area contributed by atoms with E-state index in [2.05, 4.69) is 15.9 Å². The van der Waals surface area contributed by atoms with Crippen LogP contribution in [0.2, 0.25) is 0 Å². The zero-order chi connectivity index (χ0) is 13.3. The second-order valence-corrected chi connectivity index (χ2v) is 4.71. The summed E-state index contributed by atoms with van der Waals surface area (Å²) in [6, 6.07) is 10.2. The molecule has 1 aromatic carbocycles. The van der Waals surface area contributed by atoms with E-state index in [1.165, 1.54) is 6.07 Å². The van der Waals surface area contributed by atoms with E-state index in [1.807, 2.05) is 12.1 Å². The molecule has 0 bridgehead atoms. The molecule has 4 nitrogen and oxygen atoms in total. The minimum Gasteiger partial charge on any atom is -0.493 e. The van der Waals surface area contributed by atoms with E-state index >= 15 is 0 Å². The van der Waals surface area contributed by atoms with Crippen molar-refractivity contribution >= 4 is 15.9 Å². The van der Waals surface area contributed by atoms with Crippen LogP contribution < -0.4 is 5.56 Å². The summed E-state index contributed by atoms with van der Waals surface area (Å²) in [6.45, 7) is 1.62. The summed E-state index contributed by atoms with van der Waals surface area (Å²) in [6.07, 6.45) is 0. The van der Waals surface area contributed by atoms with Crippen molar-refractivity contribution in [3.63, 3.8) is 0 Å². The Hall–Kier alpha value is -2.06. The molecular formula is C13H9BrN2O2. The van der Waals surface area contributed by atoms with E-state index in [4.69, 9.17) is 5.26 Å². The van der Waals surface area contributed by atoms with Crippen LogP contribution in [-0.4, -0.2) is 9.67 Å². The highest BCUT2D eigenvalue weighted by Crippen LogP contribution is 2.23. The summed E-state index contributed by atoms with van der Waals surface area (Å²) in [5.74, 6) is -0.333. The molecule has 0 saturated carbocycles. The van der Waals surface area contributed by atoms with Gasteiger partial charge in [0, 0.05) is 10.5 Å². The van der Waals surface area contributed by atoms with Crippen molar-refractivity contribution in [3.05, 3.63) is 56.3 Å². The molecular weight excluding hydrogens is 296 g/mol. The van der Waals surface area contributed by atoms with E-state index in [1.54, 1.807) is 25.1 Å². The van der Waals surface area contributed by atoms with Gasteiger partial charge in [-0.05, 0) is 30.7 Å². The first kappa shape index (κ1) is 12.4. The van der Waals surface area contributed by atoms with Gasteiger partial charge in [-0.2, -0.15) is 5.26 Å². The Morgan fingerprint density at radius 1 is 1.39 bits per heavy atom. The van der Waals surface area contributed by atoms with E-state index in [-0.39, 0.29) is 17.0 Å².